The van der Waals surface area contributed by atoms with Gasteiger partial charge in [-0.05, 0) is 37.3 Å². The lowest BCUT2D eigenvalue weighted by Gasteiger charge is -2.34. The molecule has 0 N–H and O–H groups in total. The zero-order valence-electron chi connectivity index (χ0n) is 14.6. The summed E-state index contributed by atoms with van der Waals surface area (Å²) in [5.41, 5.74) is 1.83. The summed E-state index contributed by atoms with van der Waals surface area (Å²) in [7, 11) is 0. The summed E-state index contributed by atoms with van der Waals surface area (Å²) >= 11 is 1.83. The van der Waals surface area contributed by atoms with Gasteiger partial charge in [0.15, 0.2) is 5.17 Å². The van der Waals surface area contributed by atoms with Crippen molar-refractivity contribution in [1.82, 2.24) is 4.90 Å². The summed E-state index contributed by atoms with van der Waals surface area (Å²) in [6.07, 6.45) is 5.12. The van der Waals surface area contributed by atoms with Gasteiger partial charge in [0.25, 0.3) is 5.69 Å². The van der Waals surface area contributed by atoms with Crippen LogP contribution in [0.1, 0.15) is 45.1 Å². The van der Waals surface area contributed by atoms with Crippen LogP contribution in [0.2, 0.25) is 0 Å². The molecule has 24 heavy (non-hydrogen) atoms. The fourth-order valence-corrected chi connectivity index (χ4v) is 5.11. The predicted octanol–water partition coefficient (Wildman–Crippen LogP) is 4.91. The number of amidine groups is 1. The van der Waals surface area contributed by atoms with Gasteiger partial charge in [0, 0.05) is 30.0 Å². The number of nitro benzene ring substituents is 1. The van der Waals surface area contributed by atoms with Gasteiger partial charge in [0.05, 0.1) is 10.6 Å². The Bertz CT molecular complexity index is 654. The number of rotatable bonds is 4. The van der Waals surface area contributed by atoms with Crippen LogP contribution in [-0.4, -0.2) is 32.8 Å². The molecule has 1 atom stereocenters. The van der Waals surface area contributed by atoms with Crippen molar-refractivity contribution in [3.63, 3.8) is 0 Å². The van der Waals surface area contributed by atoms with Crippen LogP contribution in [0.5, 0.6) is 0 Å². The first kappa shape index (κ1) is 17.3. The SMILES string of the molecule is Cc1cc([N+](=O)[O-])ccc1/N=C1\SC[C@H](C(C)C)N1C1CCCC1. The lowest BCUT2D eigenvalue weighted by atomic mass is 10.0. The van der Waals surface area contributed by atoms with Crippen LogP contribution in [0.4, 0.5) is 11.4 Å². The van der Waals surface area contributed by atoms with E-state index in [1.54, 1.807) is 18.2 Å². The summed E-state index contributed by atoms with van der Waals surface area (Å²) in [4.78, 5) is 18.0. The maximum atomic E-state index is 10.9. The molecule has 0 unspecified atom stereocenters. The molecule has 6 heteroatoms. The van der Waals surface area contributed by atoms with Gasteiger partial charge in [-0.2, -0.15) is 0 Å². The number of non-ortho nitro benzene ring substituents is 1. The zero-order chi connectivity index (χ0) is 17.3. The molecule has 3 rings (SSSR count). The summed E-state index contributed by atoms with van der Waals surface area (Å²) in [6, 6.07) is 6.07. The third-order valence-corrected chi connectivity index (χ3v) is 6.12. The molecule has 130 valence electrons. The van der Waals surface area contributed by atoms with E-state index in [2.05, 4.69) is 18.7 Å². The topological polar surface area (TPSA) is 58.7 Å². The molecular formula is C18H25N3O2S. The van der Waals surface area contributed by atoms with Gasteiger partial charge in [0.2, 0.25) is 0 Å². The minimum absolute atomic E-state index is 0.128. The minimum Gasteiger partial charge on any atom is -0.344 e. The normalized spacial score (nSPS) is 23.6. The van der Waals surface area contributed by atoms with Gasteiger partial charge in [-0.15, -0.1) is 0 Å². The highest BCUT2D eigenvalue weighted by atomic mass is 32.2. The molecule has 0 amide bonds. The second-order valence-corrected chi connectivity index (χ2v) is 8.08. The summed E-state index contributed by atoms with van der Waals surface area (Å²) in [5.74, 6) is 1.68. The smallest absolute Gasteiger partial charge is 0.269 e. The van der Waals surface area contributed by atoms with Gasteiger partial charge in [-0.3, -0.25) is 10.1 Å². The van der Waals surface area contributed by atoms with Crippen LogP contribution in [0.3, 0.4) is 0 Å². The first-order valence-electron chi connectivity index (χ1n) is 8.72. The third kappa shape index (κ3) is 3.43. The van der Waals surface area contributed by atoms with Crippen LogP contribution in [0, 0.1) is 23.0 Å². The average Bonchev–Trinajstić information content (AvgIpc) is 3.17. The third-order valence-electron chi connectivity index (χ3n) is 5.06. The monoisotopic (exact) mass is 347 g/mol. The van der Waals surface area contributed by atoms with E-state index in [1.165, 1.54) is 25.7 Å². The van der Waals surface area contributed by atoms with Crippen molar-refractivity contribution in [1.29, 1.82) is 0 Å². The van der Waals surface area contributed by atoms with E-state index in [0.717, 1.165) is 22.2 Å². The standard InChI is InChI=1S/C18H25N3O2S/c1-12(2)17-11-24-18(20(17)14-6-4-5-7-14)19-16-9-8-15(21(22)23)10-13(16)3/h8-10,12,14,17H,4-7,11H2,1-3H3/b19-18-/t17-/m1/s1. The lowest BCUT2D eigenvalue weighted by Crippen LogP contribution is -2.43. The van der Waals surface area contributed by atoms with Crippen LogP contribution in [0.25, 0.3) is 0 Å². The van der Waals surface area contributed by atoms with Crippen LogP contribution < -0.4 is 0 Å². The Labute approximate surface area is 147 Å². The maximum absolute atomic E-state index is 10.9. The molecule has 1 aromatic carbocycles. The average molecular weight is 347 g/mol. The number of nitrogens with zero attached hydrogens (tertiary/aromatic N) is 3. The molecular weight excluding hydrogens is 322 g/mol. The van der Waals surface area contributed by atoms with Crippen molar-refractivity contribution in [2.24, 2.45) is 10.9 Å². The molecule has 1 saturated carbocycles. The zero-order valence-corrected chi connectivity index (χ0v) is 15.4. The Morgan fingerprint density at radius 3 is 2.62 bits per heavy atom. The largest absolute Gasteiger partial charge is 0.344 e. The molecule has 0 bridgehead atoms. The van der Waals surface area contributed by atoms with Crippen molar-refractivity contribution in [2.75, 3.05) is 5.75 Å². The molecule has 2 aliphatic rings. The molecule has 2 fully saturated rings. The van der Waals surface area contributed by atoms with E-state index in [0.29, 0.717) is 18.0 Å². The predicted molar refractivity (Wildman–Crippen MR) is 100 cm³/mol. The minimum atomic E-state index is -0.353. The van der Waals surface area contributed by atoms with E-state index >= 15 is 0 Å². The van der Waals surface area contributed by atoms with E-state index in [1.807, 2.05) is 18.7 Å². The van der Waals surface area contributed by atoms with Crippen molar-refractivity contribution < 1.29 is 4.92 Å². The Kier molecular flexibility index (Phi) is 5.13. The highest BCUT2D eigenvalue weighted by Gasteiger charge is 2.38. The lowest BCUT2D eigenvalue weighted by molar-refractivity contribution is -0.384. The van der Waals surface area contributed by atoms with Gasteiger partial charge in [-0.1, -0.05) is 38.5 Å². The molecule has 1 aliphatic heterocycles. The Morgan fingerprint density at radius 1 is 1.33 bits per heavy atom. The molecule has 0 aromatic heterocycles. The number of aliphatic imine (C=N–C) groups is 1. The number of aryl methyl sites for hydroxylation is 1. The first-order chi connectivity index (χ1) is 11.5. The maximum Gasteiger partial charge on any atom is 0.269 e. The van der Waals surface area contributed by atoms with Crippen molar-refractivity contribution in [3.05, 3.63) is 33.9 Å². The second-order valence-electron chi connectivity index (χ2n) is 7.09. The van der Waals surface area contributed by atoms with E-state index in [-0.39, 0.29) is 10.6 Å². The fourth-order valence-electron chi connectivity index (χ4n) is 3.65. The molecule has 1 aromatic rings. The summed E-state index contributed by atoms with van der Waals surface area (Å²) in [5, 5.41) is 12.0. The molecule has 1 saturated heterocycles. The molecule has 0 spiro atoms. The number of benzene rings is 1. The number of thioether (sulfide) groups is 1. The van der Waals surface area contributed by atoms with Crippen molar-refractivity contribution >= 4 is 28.3 Å². The van der Waals surface area contributed by atoms with Crippen molar-refractivity contribution in [3.8, 4) is 0 Å². The first-order valence-corrected chi connectivity index (χ1v) is 9.71. The van der Waals surface area contributed by atoms with E-state index in [4.69, 9.17) is 4.99 Å². The quantitative estimate of drug-likeness (QED) is 0.574. The van der Waals surface area contributed by atoms with Gasteiger partial charge < -0.3 is 4.90 Å². The van der Waals surface area contributed by atoms with Crippen LogP contribution >= 0.6 is 11.8 Å². The molecule has 5 nitrogen and oxygen atoms in total. The number of hydrogen-bond acceptors (Lipinski definition) is 4. The van der Waals surface area contributed by atoms with Crippen LogP contribution in [-0.2, 0) is 0 Å². The molecule has 1 aliphatic carbocycles. The molecule has 0 radical (unpaired) electrons. The van der Waals surface area contributed by atoms with Gasteiger partial charge >= 0.3 is 0 Å². The second kappa shape index (κ2) is 7.13. The van der Waals surface area contributed by atoms with Crippen molar-refractivity contribution in [2.45, 2.75) is 58.5 Å². The summed E-state index contributed by atoms with van der Waals surface area (Å²) in [6.45, 7) is 6.46. The fraction of sp³-hybridized carbons (Fsp3) is 0.611. The molecule has 1 heterocycles. The summed E-state index contributed by atoms with van der Waals surface area (Å²) < 4.78 is 0. The highest BCUT2D eigenvalue weighted by molar-refractivity contribution is 8.14. The Balaban J connectivity index is 1.91. The van der Waals surface area contributed by atoms with E-state index < -0.39 is 0 Å². The van der Waals surface area contributed by atoms with Gasteiger partial charge in [0.1, 0.15) is 0 Å². The van der Waals surface area contributed by atoms with E-state index in [9.17, 15) is 10.1 Å². The Hall–Kier alpha value is -1.56. The highest BCUT2D eigenvalue weighted by Crippen LogP contribution is 2.37. The van der Waals surface area contributed by atoms with Gasteiger partial charge in [-0.25, -0.2) is 4.99 Å². The number of hydrogen-bond donors (Lipinski definition) is 0. The number of nitro groups is 1. The van der Waals surface area contributed by atoms with Crippen LogP contribution in [0.15, 0.2) is 23.2 Å². The Morgan fingerprint density at radius 2 is 2.04 bits per heavy atom.